The zero-order valence-electron chi connectivity index (χ0n) is 10.5. The van der Waals surface area contributed by atoms with Crippen LogP contribution < -0.4 is 5.32 Å². The fourth-order valence-corrected chi connectivity index (χ4v) is 2.79. The molecule has 2 fully saturated rings. The minimum atomic E-state index is -0.636. The maximum Gasteiger partial charge on any atom is 0.105 e. The standard InChI is InChI=1S/C13H25NO2/c1-10-3-5-12(6-4-10)14-9-13(15)7-8-16-11(13)2/h10-12,14-15H,3-9H2,1-2H3. The topological polar surface area (TPSA) is 41.5 Å². The van der Waals surface area contributed by atoms with E-state index in [1.54, 1.807) is 0 Å². The summed E-state index contributed by atoms with van der Waals surface area (Å²) < 4.78 is 5.44. The van der Waals surface area contributed by atoms with Gasteiger partial charge in [0, 0.05) is 25.6 Å². The van der Waals surface area contributed by atoms with Crippen LogP contribution in [0.2, 0.25) is 0 Å². The Morgan fingerprint density at radius 3 is 2.50 bits per heavy atom. The lowest BCUT2D eigenvalue weighted by atomic mass is 9.86. The van der Waals surface area contributed by atoms with Crippen LogP contribution in [0, 0.1) is 5.92 Å². The number of hydrogen-bond donors (Lipinski definition) is 2. The third kappa shape index (κ3) is 2.76. The zero-order valence-corrected chi connectivity index (χ0v) is 10.5. The van der Waals surface area contributed by atoms with E-state index in [1.807, 2.05) is 6.92 Å². The van der Waals surface area contributed by atoms with Crippen molar-refractivity contribution in [3.63, 3.8) is 0 Å². The Balaban J connectivity index is 1.74. The summed E-state index contributed by atoms with van der Waals surface area (Å²) in [6, 6.07) is 0.605. The minimum absolute atomic E-state index is 0.0254. The summed E-state index contributed by atoms with van der Waals surface area (Å²) in [6.45, 7) is 5.68. The van der Waals surface area contributed by atoms with E-state index in [4.69, 9.17) is 4.74 Å². The third-order valence-electron chi connectivity index (χ3n) is 4.37. The molecule has 3 nitrogen and oxygen atoms in total. The molecule has 1 heterocycles. The van der Waals surface area contributed by atoms with Gasteiger partial charge >= 0.3 is 0 Å². The lowest BCUT2D eigenvalue weighted by Crippen LogP contribution is -2.49. The summed E-state index contributed by atoms with van der Waals surface area (Å²) in [5.74, 6) is 0.884. The van der Waals surface area contributed by atoms with Crippen molar-refractivity contribution in [2.75, 3.05) is 13.2 Å². The molecule has 1 saturated heterocycles. The molecular formula is C13H25NO2. The van der Waals surface area contributed by atoms with E-state index in [1.165, 1.54) is 25.7 Å². The molecule has 0 spiro atoms. The van der Waals surface area contributed by atoms with Crippen molar-refractivity contribution in [2.24, 2.45) is 5.92 Å². The van der Waals surface area contributed by atoms with Crippen LogP contribution in [0.4, 0.5) is 0 Å². The Kier molecular flexibility index (Phi) is 3.88. The van der Waals surface area contributed by atoms with Crippen LogP contribution in [0.1, 0.15) is 46.0 Å². The second-order valence-electron chi connectivity index (χ2n) is 5.70. The van der Waals surface area contributed by atoms with Crippen molar-refractivity contribution in [1.82, 2.24) is 5.32 Å². The molecule has 2 N–H and O–H groups in total. The Morgan fingerprint density at radius 2 is 1.94 bits per heavy atom. The van der Waals surface area contributed by atoms with E-state index < -0.39 is 5.60 Å². The Morgan fingerprint density at radius 1 is 1.25 bits per heavy atom. The smallest absolute Gasteiger partial charge is 0.105 e. The van der Waals surface area contributed by atoms with Gasteiger partial charge in [0.25, 0.3) is 0 Å². The van der Waals surface area contributed by atoms with Crippen molar-refractivity contribution in [2.45, 2.75) is 63.7 Å². The lowest BCUT2D eigenvalue weighted by Gasteiger charge is -2.32. The van der Waals surface area contributed by atoms with Crippen LogP contribution in [-0.2, 0) is 4.74 Å². The van der Waals surface area contributed by atoms with Crippen LogP contribution in [0.25, 0.3) is 0 Å². The van der Waals surface area contributed by atoms with Gasteiger partial charge in [0.1, 0.15) is 5.60 Å². The van der Waals surface area contributed by atoms with E-state index in [0.29, 0.717) is 19.2 Å². The number of aliphatic hydroxyl groups is 1. The van der Waals surface area contributed by atoms with Crippen LogP contribution in [0.3, 0.4) is 0 Å². The van der Waals surface area contributed by atoms with Gasteiger partial charge in [-0.05, 0) is 38.5 Å². The molecule has 2 rings (SSSR count). The fourth-order valence-electron chi connectivity index (χ4n) is 2.79. The first kappa shape index (κ1) is 12.3. The highest BCUT2D eigenvalue weighted by Crippen LogP contribution is 2.27. The molecular weight excluding hydrogens is 202 g/mol. The number of ether oxygens (including phenoxy) is 1. The maximum absolute atomic E-state index is 10.4. The Hall–Kier alpha value is -0.120. The summed E-state index contributed by atoms with van der Waals surface area (Å²) in [4.78, 5) is 0. The summed E-state index contributed by atoms with van der Waals surface area (Å²) in [7, 11) is 0. The highest BCUT2D eigenvalue weighted by molar-refractivity contribution is 4.92. The first-order chi connectivity index (χ1) is 7.60. The molecule has 2 aliphatic rings. The SMILES string of the molecule is CC1CCC(NCC2(O)CCOC2C)CC1. The molecule has 0 aromatic rings. The van der Waals surface area contributed by atoms with E-state index in [2.05, 4.69) is 12.2 Å². The molecule has 16 heavy (non-hydrogen) atoms. The first-order valence-electron chi connectivity index (χ1n) is 6.67. The average Bonchev–Trinajstić information content (AvgIpc) is 2.59. The van der Waals surface area contributed by atoms with Gasteiger partial charge in [0.05, 0.1) is 6.10 Å². The molecule has 94 valence electrons. The van der Waals surface area contributed by atoms with Crippen LogP contribution in [-0.4, -0.2) is 36.0 Å². The van der Waals surface area contributed by atoms with Crippen molar-refractivity contribution in [3.8, 4) is 0 Å². The number of nitrogens with one attached hydrogen (secondary N) is 1. The van der Waals surface area contributed by atoms with Gasteiger partial charge in [0.15, 0.2) is 0 Å². The summed E-state index contributed by atoms with van der Waals surface area (Å²) in [6.07, 6.45) is 5.90. The van der Waals surface area contributed by atoms with Gasteiger partial charge in [-0.25, -0.2) is 0 Å². The largest absolute Gasteiger partial charge is 0.386 e. The quantitative estimate of drug-likeness (QED) is 0.771. The second-order valence-corrected chi connectivity index (χ2v) is 5.70. The Labute approximate surface area is 98.6 Å². The van der Waals surface area contributed by atoms with Gasteiger partial charge in [-0.2, -0.15) is 0 Å². The van der Waals surface area contributed by atoms with Crippen LogP contribution in [0.5, 0.6) is 0 Å². The highest BCUT2D eigenvalue weighted by Gasteiger charge is 2.39. The third-order valence-corrected chi connectivity index (χ3v) is 4.37. The molecule has 1 aliphatic heterocycles. The van der Waals surface area contributed by atoms with Crippen LogP contribution in [0.15, 0.2) is 0 Å². The van der Waals surface area contributed by atoms with E-state index in [0.717, 1.165) is 12.3 Å². The molecule has 0 radical (unpaired) electrons. The highest BCUT2D eigenvalue weighted by atomic mass is 16.5. The predicted octanol–water partition coefficient (Wildman–Crippen LogP) is 1.69. The normalized spacial score (nSPS) is 44.8. The summed E-state index contributed by atoms with van der Waals surface area (Å²) >= 11 is 0. The van der Waals surface area contributed by atoms with Crippen molar-refractivity contribution in [1.29, 1.82) is 0 Å². The van der Waals surface area contributed by atoms with Crippen molar-refractivity contribution >= 4 is 0 Å². The molecule has 0 aromatic carbocycles. The van der Waals surface area contributed by atoms with Gasteiger partial charge < -0.3 is 15.2 Å². The molecule has 0 aromatic heterocycles. The summed E-state index contributed by atoms with van der Waals surface area (Å²) in [5, 5.41) is 13.9. The maximum atomic E-state index is 10.4. The fraction of sp³-hybridized carbons (Fsp3) is 1.00. The zero-order chi connectivity index (χ0) is 11.6. The minimum Gasteiger partial charge on any atom is -0.386 e. The first-order valence-corrected chi connectivity index (χ1v) is 6.67. The predicted molar refractivity (Wildman–Crippen MR) is 64.4 cm³/mol. The summed E-state index contributed by atoms with van der Waals surface area (Å²) in [5.41, 5.74) is -0.636. The number of hydrogen-bond acceptors (Lipinski definition) is 3. The van der Waals surface area contributed by atoms with Gasteiger partial charge in [-0.1, -0.05) is 6.92 Å². The molecule has 2 atom stereocenters. The average molecular weight is 227 g/mol. The van der Waals surface area contributed by atoms with E-state index in [-0.39, 0.29) is 6.10 Å². The van der Waals surface area contributed by atoms with Crippen molar-refractivity contribution in [3.05, 3.63) is 0 Å². The molecule has 1 saturated carbocycles. The molecule has 0 bridgehead atoms. The van der Waals surface area contributed by atoms with Gasteiger partial charge in [-0.3, -0.25) is 0 Å². The van der Waals surface area contributed by atoms with E-state index in [9.17, 15) is 5.11 Å². The van der Waals surface area contributed by atoms with E-state index >= 15 is 0 Å². The molecule has 2 unspecified atom stereocenters. The van der Waals surface area contributed by atoms with Crippen LogP contribution >= 0.6 is 0 Å². The van der Waals surface area contributed by atoms with Gasteiger partial charge in [-0.15, -0.1) is 0 Å². The molecule has 1 aliphatic carbocycles. The number of rotatable bonds is 3. The van der Waals surface area contributed by atoms with Gasteiger partial charge in [0.2, 0.25) is 0 Å². The lowest BCUT2D eigenvalue weighted by molar-refractivity contribution is -0.0284. The Bertz CT molecular complexity index is 226. The molecule has 0 amide bonds. The molecule has 3 heteroatoms. The van der Waals surface area contributed by atoms with Crippen molar-refractivity contribution < 1.29 is 9.84 Å². The monoisotopic (exact) mass is 227 g/mol. The second kappa shape index (κ2) is 5.03.